The molecule has 0 saturated carbocycles. The largest absolute Gasteiger partial charge is 0.491 e. The van der Waals surface area contributed by atoms with Gasteiger partial charge in [0, 0.05) is 13.2 Å². The Hall–Kier alpha value is -1.33. The van der Waals surface area contributed by atoms with Gasteiger partial charge in [-0.05, 0) is 13.0 Å². The number of nitrogens with zero attached hydrogens (tertiary/aromatic N) is 2. The number of amides is 1. The van der Waals surface area contributed by atoms with Crippen molar-refractivity contribution in [3.8, 4) is 5.75 Å². The van der Waals surface area contributed by atoms with Crippen LogP contribution in [0.5, 0.6) is 5.75 Å². The van der Waals surface area contributed by atoms with E-state index in [0.717, 1.165) is 5.06 Å². The number of halogens is 1. The third kappa shape index (κ3) is 2.84. The molecule has 6 heteroatoms. The molecule has 0 aliphatic heterocycles. The molecule has 0 aliphatic carbocycles. The standard InChI is InChI=1S/C10H13ClN2O3/c1-4-16-8-5-7(6-12-9(8)11)10(14)13(2)15-3/h5-6H,4H2,1-3H3. The van der Waals surface area contributed by atoms with E-state index in [1.54, 1.807) is 0 Å². The maximum Gasteiger partial charge on any atom is 0.278 e. The van der Waals surface area contributed by atoms with E-state index in [9.17, 15) is 4.79 Å². The van der Waals surface area contributed by atoms with Gasteiger partial charge in [0.15, 0.2) is 10.9 Å². The lowest BCUT2D eigenvalue weighted by Gasteiger charge is -2.14. The van der Waals surface area contributed by atoms with Gasteiger partial charge in [0.25, 0.3) is 5.91 Å². The van der Waals surface area contributed by atoms with E-state index in [1.807, 2.05) is 6.92 Å². The molecular formula is C10H13ClN2O3. The average Bonchev–Trinajstić information content (AvgIpc) is 2.30. The fourth-order valence-electron chi connectivity index (χ4n) is 1.07. The Morgan fingerprint density at radius 3 is 2.88 bits per heavy atom. The lowest BCUT2D eigenvalue weighted by atomic mass is 10.2. The highest BCUT2D eigenvalue weighted by molar-refractivity contribution is 6.30. The fraction of sp³-hybridized carbons (Fsp3) is 0.400. The van der Waals surface area contributed by atoms with Gasteiger partial charge in [0.05, 0.1) is 19.3 Å². The number of ether oxygens (including phenoxy) is 1. The molecule has 0 spiro atoms. The molecule has 1 amide bonds. The Kier molecular flexibility index (Phi) is 4.52. The van der Waals surface area contributed by atoms with Crippen LogP contribution in [0, 0.1) is 0 Å². The van der Waals surface area contributed by atoms with Crippen molar-refractivity contribution in [2.24, 2.45) is 0 Å². The zero-order valence-electron chi connectivity index (χ0n) is 9.36. The molecule has 0 aliphatic rings. The summed E-state index contributed by atoms with van der Waals surface area (Å²) in [5.74, 6) is 0.0761. The zero-order valence-corrected chi connectivity index (χ0v) is 10.1. The third-order valence-corrected chi connectivity index (χ3v) is 2.20. The number of pyridine rings is 1. The highest BCUT2D eigenvalue weighted by Gasteiger charge is 2.14. The fourth-order valence-corrected chi connectivity index (χ4v) is 1.22. The monoisotopic (exact) mass is 244 g/mol. The van der Waals surface area contributed by atoms with Crippen LogP contribution in [0.4, 0.5) is 0 Å². The molecule has 0 atom stereocenters. The van der Waals surface area contributed by atoms with Crippen LogP contribution in [0.3, 0.4) is 0 Å². The summed E-state index contributed by atoms with van der Waals surface area (Å²) in [5.41, 5.74) is 0.359. The van der Waals surface area contributed by atoms with Crippen molar-refractivity contribution in [2.45, 2.75) is 6.92 Å². The highest BCUT2D eigenvalue weighted by Crippen LogP contribution is 2.23. The molecule has 0 radical (unpaired) electrons. The van der Waals surface area contributed by atoms with Gasteiger partial charge in [-0.25, -0.2) is 10.0 Å². The molecule has 1 heterocycles. The summed E-state index contributed by atoms with van der Waals surface area (Å²) in [6, 6.07) is 1.54. The molecule has 0 aromatic carbocycles. The number of carbonyl (C=O) groups excluding carboxylic acids is 1. The van der Waals surface area contributed by atoms with Gasteiger partial charge in [-0.2, -0.15) is 0 Å². The molecule has 0 N–H and O–H groups in total. The minimum absolute atomic E-state index is 0.235. The van der Waals surface area contributed by atoms with Crippen LogP contribution in [0.25, 0.3) is 0 Å². The number of aromatic nitrogens is 1. The summed E-state index contributed by atoms with van der Waals surface area (Å²) in [5, 5.41) is 1.33. The summed E-state index contributed by atoms with van der Waals surface area (Å²) in [6.07, 6.45) is 1.38. The van der Waals surface area contributed by atoms with E-state index >= 15 is 0 Å². The van der Waals surface area contributed by atoms with Crippen LogP contribution >= 0.6 is 11.6 Å². The van der Waals surface area contributed by atoms with E-state index in [-0.39, 0.29) is 11.1 Å². The molecule has 16 heavy (non-hydrogen) atoms. The van der Waals surface area contributed by atoms with Gasteiger partial charge < -0.3 is 4.74 Å². The summed E-state index contributed by atoms with van der Waals surface area (Å²) in [7, 11) is 2.92. The highest BCUT2D eigenvalue weighted by atomic mass is 35.5. The summed E-state index contributed by atoms with van der Waals surface area (Å²) in [4.78, 5) is 20.4. The van der Waals surface area contributed by atoms with Crippen molar-refractivity contribution in [2.75, 3.05) is 20.8 Å². The average molecular weight is 245 g/mol. The predicted molar refractivity (Wildman–Crippen MR) is 59.5 cm³/mol. The number of hydroxylamine groups is 2. The molecule has 88 valence electrons. The van der Waals surface area contributed by atoms with Gasteiger partial charge in [-0.3, -0.25) is 9.63 Å². The maximum absolute atomic E-state index is 11.7. The number of carbonyl (C=O) groups is 1. The molecular weight excluding hydrogens is 232 g/mol. The van der Waals surface area contributed by atoms with Crippen LogP contribution in [-0.2, 0) is 4.84 Å². The molecule has 0 fully saturated rings. The van der Waals surface area contributed by atoms with E-state index in [2.05, 4.69) is 4.98 Å². The van der Waals surface area contributed by atoms with E-state index in [1.165, 1.54) is 26.4 Å². The van der Waals surface area contributed by atoms with E-state index in [0.29, 0.717) is 17.9 Å². The van der Waals surface area contributed by atoms with Gasteiger partial charge in [0.1, 0.15) is 0 Å². The topological polar surface area (TPSA) is 51.7 Å². The number of hydrogen-bond donors (Lipinski definition) is 0. The van der Waals surface area contributed by atoms with E-state index < -0.39 is 0 Å². The van der Waals surface area contributed by atoms with Crippen molar-refractivity contribution in [3.63, 3.8) is 0 Å². The summed E-state index contributed by atoms with van der Waals surface area (Å²) < 4.78 is 5.23. The van der Waals surface area contributed by atoms with Crippen LogP contribution in [-0.4, -0.2) is 36.7 Å². The van der Waals surface area contributed by atoms with Gasteiger partial charge in [-0.15, -0.1) is 0 Å². The quantitative estimate of drug-likeness (QED) is 0.598. The molecule has 0 saturated heterocycles. The second kappa shape index (κ2) is 5.67. The third-order valence-electron chi connectivity index (χ3n) is 1.91. The van der Waals surface area contributed by atoms with Crippen LogP contribution in [0.1, 0.15) is 17.3 Å². The molecule has 0 bridgehead atoms. The molecule has 1 rings (SSSR count). The minimum atomic E-state index is -0.312. The van der Waals surface area contributed by atoms with Crippen molar-refractivity contribution < 1.29 is 14.4 Å². The Morgan fingerprint density at radius 1 is 1.62 bits per heavy atom. The summed E-state index contributed by atoms with van der Waals surface area (Å²) >= 11 is 5.80. The molecule has 1 aromatic heterocycles. The summed E-state index contributed by atoms with van der Waals surface area (Å²) in [6.45, 7) is 2.28. The molecule has 1 aromatic rings. The Bertz CT molecular complexity index is 384. The first-order valence-electron chi connectivity index (χ1n) is 4.70. The number of rotatable bonds is 4. The van der Waals surface area contributed by atoms with Crippen LogP contribution < -0.4 is 4.74 Å². The van der Waals surface area contributed by atoms with Crippen LogP contribution in [0.15, 0.2) is 12.3 Å². The van der Waals surface area contributed by atoms with Crippen molar-refractivity contribution in [1.82, 2.24) is 10.0 Å². The predicted octanol–water partition coefficient (Wildman–Crippen LogP) is 1.77. The SMILES string of the molecule is CCOc1cc(C(=O)N(C)OC)cnc1Cl. The Morgan fingerprint density at radius 2 is 2.31 bits per heavy atom. The molecule has 0 unspecified atom stereocenters. The first-order chi connectivity index (χ1) is 7.60. The normalized spacial score (nSPS) is 10.0. The van der Waals surface area contributed by atoms with Crippen LogP contribution in [0.2, 0.25) is 5.15 Å². The van der Waals surface area contributed by atoms with Gasteiger partial charge >= 0.3 is 0 Å². The lowest BCUT2D eigenvalue weighted by Crippen LogP contribution is -2.25. The molecule has 5 nitrogen and oxygen atoms in total. The first-order valence-corrected chi connectivity index (χ1v) is 5.08. The van der Waals surface area contributed by atoms with Crippen molar-refractivity contribution >= 4 is 17.5 Å². The first kappa shape index (κ1) is 12.7. The van der Waals surface area contributed by atoms with Gasteiger partial charge in [-0.1, -0.05) is 11.6 Å². The van der Waals surface area contributed by atoms with Gasteiger partial charge in [0.2, 0.25) is 0 Å². The van der Waals surface area contributed by atoms with Crippen molar-refractivity contribution in [1.29, 1.82) is 0 Å². The smallest absolute Gasteiger partial charge is 0.278 e. The number of hydrogen-bond acceptors (Lipinski definition) is 4. The zero-order chi connectivity index (χ0) is 12.1. The maximum atomic E-state index is 11.7. The lowest BCUT2D eigenvalue weighted by molar-refractivity contribution is -0.0757. The second-order valence-corrected chi connectivity index (χ2v) is 3.29. The van der Waals surface area contributed by atoms with Crippen molar-refractivity contribution in [3.05, 3.63) is 23.0 Å². The van der Waals surface area contributed by atoms with E-state index in [4.69, 9.17) is 21.2 Å². The Labute approximate surface area is 98.9 Å². The minimum Gasteiger partial charge on any atom is -0.491 e. The second-order valence-electron chi connectivity index (χ2n) is 2.93. The Balaban J connectivity index is 2.98.